The van der Waals surface area contributed by atoms with Crippen LogP contribution >= 0.6 is 0 Å². The minimum Gasteiger partial charge on any atom is -0.439 e. The molecule has 0 aliphatic carbocycles. The van der Waals surface area contributed by atoms with Crippen molar-refractivity contribution in [3.05, 3.63) is 117 Å². The highest BCUT2D eigenvalue weighted by molar-refractivity contribution is 7.96. The lowest BCUT2D eigenvalue weighted by Crippen LogP contribution is -2.39. The van der Waals surface area contributed by atoms with Crippen molar-refractivity contribution in [3.8, 4) is 6.07 Å². The van der Waals surface area contributed by atoms with E-state index in [0.29, 0.717) is 16.8 Å². The highest BCUT2D eigenvalue weighted by Gasteiger charge is 2.47. The summed E-state index contributed by atoms with van der Waals surface area (Å²) in [6.45, 7) is 4.19. The van der Waals surface area contributed by atoms with Crippen LogP contribution in [-0.4, -0.2) is 8.42 Å². The molecule has 0 unspecified atom stereocenters. The van der Waals surface area contributed by atoms with E-state index in [0.717, 1.165) is 23.1 Å². The summed E-state index contributed by atoms with van der Waals surface area (Å²) in [5.74, 6) is -0.761. The number of anilines is 1. The number of rotatable bonds is 4. The number of allylic oxidation sites excluding steroid dienone is 2. The molecular formula is C28H25N3O3S. The van der Waals surface area contributed by atoms with Crippen LogP contribution in [0.5, 0.6) is 0 Å². The molecule has 6 nitrogen and oxygen atoms in total. The summed E-state index contributed by atoms with van der Waals surface area (Å²) in [6, 6.07) is 24.7. The van der Waals surface area contributed by atoms with Gasteiger partial charge < -0.3 is 10.5 Å². The van der Waals surface area contributed by atoms with Crippen LogP contribution in [0.15, 0.2) is 89.2 Å². The maximum absolute atomic E-state index is 14.3. The van der Waals surface area contributed by atoms with Gasteiger partial charge in [-0.25, -0.2) is 8.42 Å². The highest BCUT2D eigenvalue weighted by Crippen LogP contribution is 2.51. The lowest BCUT2D eigenvalue weighted by Gasteiger charge is -2.38. The summed E-state index contributed by atoms with van der Waals surface area (Å²) in [7, 11) is -4.08. The molecule has 2 heterocycles. The van der Waals surface area contributed by atoms with Gasteiger partial charge in [-0.05, 0) is 42.2 Å². The predicted molar refractivity (Wildman–Crippen MR) is 136 cm³/mol. The average Bonchev–Trinajstić information content (AvgIpc) is 2.87. The Balaban J connectivity index is 1.73. The standard InChI is InChI=1S/C28H25N3O3S/c1-3-19-12-14-21(15-13-19)25-23(16-29)28(30)34-26-22-6-4-5-7-24(22)31(35(32,33)27(25)26)17-20-10-8-18(2)9-11-20/h4-15,25H,3,17,30H2,1-2H3/t25-/m0/s1. The van der Waals surface area contributed by atoms with Crippen LogP contribution in [0.2, 0.25) is 0 Å². The Kier molecular flexibility index (Phi) is 5.62. The molecule has 0 saturated heterocycles. The second kappa shape index (κ2) is 8.64. The van der Waals surface area contributed by atoms with Crippen LogP contribution in [0.3, 0.4) is 0 Å². The number of nitrogens with two attached hydrogens (primary N) is 1. The van der Waals surface area contributed by atoms with Gasteiger partial charge in [-0.3, -0.25) is 4.31 Å². The SMILES string of the molecule is CCc1ccc([C@H]2C(C#N)=C(N)OC3=C2S(=O)(=O)N(Cc2ccc(C)cc2)c2ccccc23)cc1. The first-order valence-electron chi connectivity index (χ1n) is 11.4. The molecule has 0 saturated carbocycles. The molecule has 0 amide bonds. The Bertz CT molecular complexity index is 1510. The fourth-order valence-corrected chi connectivity index (χ4v) is 6.53. The molecule has 3 aromatic rings. The zero-order valence-electron chi connectivity index (χ0n) is 19.5. The zero-order chi connectivity index (χ0) is 24.7. The molecule has 2 aliphatic rings. The van der Waals surface area contributed by atoms with E-state index < -0.39 is 15.9 Å². The van der Waals surface area contributed by atoms with Gasteiger partial charge in [0, 0.05) is 5.56 Å². The van der Waals surface area contributed by atoms with E-state index in [9.17, 15) is 13.7 Å². The molecule has 0 fully saturated rings. The van der Waals surface area contributed by atoms with Gasteiger partial charge in [0.15, 0.2) is 5.76 Å². The Morgan fingerprint density at radius 3 is 2.31 bits per heavy atom. The molecule has 1 atom stereocenters. The molecular weight excluding hydrogens is 458 g/mol. The van der Waals surface area contributed by atoms with Crippen molar-refractivity contribution in [1.82, 2.24) is 0 Å². The summed E-state index contributed by atoms with van der Waals surface area (Å²) in [5.41, 5.74) is 11.2. The van der Waals surface area contributed by atoms with E-state index in [2.05, 4.69) is 6.07 Å². The van der Waals surface area contributed by atoms with E-state index in [1.807, 2.05) is 74.5 Å². The van der Waals surface area contributed by atoms with E-state index in [1.54, 1.807) is 12.1 Å². The van der Waals surface area contributed by atoms with Crippen molar-refractivity contribution in [1.29, 1.82) is 5.26 Å². The Morgan fingerprint density at radius 2 is 1.66 bits per heavy atom. The molecule has 2 aliphatic heterocycles. The smallest absolute Gasteiger partial charge is 0.265 e. The first-order chi connectivity index (χ1) is 16.8. The molecule has 0 bridgehead atoms. The quantitative estimate of drug-likeness (QED) is 0.558. The summed E-state index contributed by atoms with van der Waals surface area (Å²) in [4.78, 5) is 0.0401. The van der Waals surface area contributed by atoms with E-state index in [-0.39, 0.29) is 28.7 Å². The Labute approximate surface area is 205 Å². The number of hydrogen-bond acceptors (Lipinski definition) is 5. The maximum atomic E-state index is 14.3. The minimum absolute atomic E-state index is 0.0401. The predicted octanol–water partition coefficient (Wildman–Crippen LogP) is 5.08. The topological polar surface area (TPSA) is 96.4 Å². The van der Waals surface area contributed by atoms with Crippen molar-refractivity contribution in [2.45, 2.75) is 32.7 Å². The van der Waals surface area contributed by atoms with Crippen molar-refractivity contribution < 1.29 is 13.2 Å². The van der Waals surface area contributed by atoms with Gasteiger partial charge >= 0.3 is 0 Å². The first kappa shape index (κ1) is 22.8. The van der Waals surface area contributed by atoms with Crippen molar-refractivity contribution in [2.24, 2.45) is 5.73 Å². The van der Waals surface area contributed by atoms with Crippen LogP contribution in [0.25, 0.3) is 5.76 Å². The number of ether oxygens (including phenoxy) is 1. The summed E-state index contributed by atoms with van der Waals surface area (Å²) in [6.07, 6.45) is 0.848. The molecule has 35 heavy (non-hydrogen) atoms. The molecule has 7 heteroatoms. The summed E-state index contributed by atoms with van der Waals surface area (Å²) < 4.78 is 35.8. The second-order valence-electron chi connectivity index (χ2n) is 8.73. The Morgan fingerprint density at radius 1 is 1.00 bits per heavy atom. The van der Waals surface area contributed by atoms with Crippen LogP contribution < -0.4 is 10.0 Å². The van der Waals surface area contributed by atoms with Gasteiger partial charge in [0.05, 0.1) is 18.2 Å². The number of nitrogens with zero attached hydrogens (tertiary/aromatic N) is 2. The van der Waals surface area contributed by atoms with Gasteiger partial charge in [-0.2, -0.15) is 5.26 Å². The largest absolute Gasteiger partial charge is 0.439 e. The van der Waals surface area contributed by atoms with Crippen molar-refractivity contribution >= 4 is 21.5 Å². The van der Waals surface area contributed by atoms with Crippen LogP contribution in [0.4, 0.5) is 5.69 Å². The lowest BCUT2D eigenvalue weighted by atomic mass is 9.87. The monoisotopic (exact) mass is 483 g/mol. The number of para-hydroxylation sites is 1. The summed E-state index contributed by atoms with van der Waals surface area (Å²) >= 11 is 0. The first-order valence-corrected chi connectivity index (χ1v) is 12.9. The van der Waals surface area contributed by atoms with Crippen LogP contribution in [-0.2, 0) is 27.7 Å². The highest BCUT2D eigenvalue weighted by atomic mass is 32.2. The molecule has 5 rings (SSSR count). The van der Waals surface area contributed by atoms with Crippen molar-refractivity contribution in [2.75, 3.05) is 4.31 Å². The number of nitriles is 1. The van der Waals surface area contributed by atoms with Gasteiger partial charge in [-0.1, -0.05) is 73.2 Å². The number of aryl methyl sites for hydroxylation is 2. The van der Waals surface area contributed by atoms with E-state index >= 15 is 0 Å². The third-order valence-electron chi connectivity index (χ3n) is 6.53. The van der Waals surface area contributed by atoms with Crippen LogP contribution in [0, 0.1) is 18.3 Å². The number of fused-ring (bicyclic) bond motifs is 2. The van der Waals surface area contributed by atoms with Gasteiger partial charge in [0.25, 0.3) is 10.0 Å². The lowest BCUT2D eigenvalue weighted by molar-refractivity contribution is 0.357. The fourth-order valence-electron chi connectivity index (χ4n) is 4.62. The molecule has 0 spiro atoms. The third kappa shape index (κ3) is 3.76. The summed E-state index contributed by atoms with van der Waals surface area (Å²) in [5, 5.41) is 9.98. The van der Waals surface area contributed by atoms with Crippen LogP contribution in [0.1, 0.15) is 40.7 Å². The number of sulfonamides is 1. The molecule has 2 N–H and O–H groups in total. The molecule has 0 aromatic heterocycles. The van der Waals surface area contributed by atoms with E-state index in [4.69, 9.17) is 10.5 Å². The maximum Gasteiger partial charge on any atom is 0.265 e. The number of hydrogen-bond donors (Lipinski definition) is 1. The van der Waals surface area contributed by atoms with Gasteiger partial charge in [0.1, 0.15) is 16.5 Å². The second-order valence-corrected chi connectivity index (χ2v) is 10.6. The molecule has 3 aromatic carbocycles. The minimum atomic E-state index is -4.08. The zero-order valence-corrected chi connectivity index (χ0v) is 20.3. The van der Waals surface area contributed by atoms with Crippen molar-refractivity contribution in [3.63, 3.8) is 0 Å². The fraction of sp³-hybridized carbons (Fsp3) is 0.179. The average molecular weight is 484 g/mol. The Hall–Kier alpha value is -4.02. The molecule has 0 radical (unpaired) electrons. The van der Waals surface area contributed by atoms with Gasteiger partial charge in [0.2, 0.25) is 5.88 Å². The third-order valence-corrected chi connectivity index (χ3v) is 8.41. The molecule has 176 valence electrons. The van der Waals surface area contributed by atoms with E-state index in [1.165, 1.54) is 4.31 Å². The normalized spacial score (nSPS) is 18.4. The number of benzene rings is 3. The van der Waals surface area contributed by atoms with Gasteiger partial charge in [-0.15, -0.1) is 0 Å².